The van der Waals surface area contributed by atoms with E-state index in [1.807, 2.05) is 75.2 Å². The molecular weight excluding hydrogens is 436 g/mol. The second-order valence-electron chi connectivity index (χ2n) is 10.00. The molecule has 2 aromatic carbocycles. The molecule has 2 heterocycles. The van der Waals surface area contributed by atoms with Gasteiger partial charge in [0.25, 0.3) is 0 Å². The van der Waals surface area contributed by atoms with Crippen LogP contribution in [0, 0.1) is 6.92 Å². The standard InChI is InChI=1S/C29H34N4O2/c1-21-18-25(32-16-17-33(22(2)20-32)28(34)35-29(3,4)5)19-30-27(21)31-26(23-12-8-6-9-13-23)24-14-10-7-11-15-24/h6-15,18-19,22H,16-17,20H2,1-5H3. The van der Waals surface area contributed by atoms with Gasteiger partial charge in [0.05, 0.1) is 17.6 Å². The average Bonchev–Trinajstić information content (AvgIpc) is 2.83. The highest BCUT2D eigenvalue weighted by molar-refractivity contribution is 6.13. The van der Waals surface area contributed by atoms with Gasteiger partial charge >= 0.3 is 6.09 Å². The molecule has 0 aliphatic carbocycles. The monoisotopic (exact) mass is 470 g/mol. The maximum absolute atomic E-state index is 12.6. The Morgan fingerprint density at radius 2 is 1.60 bits per heavy atom. The number of aromatic nitrogens is 1. The number of benzene rings is 2. The quantitative estimate of drug-likeness (QED) is 0.439. The number of nitrogens with zero attached hydrogens (tertiary/aromatic N) is 4. The second kappa shape index (κ2) is 10.3. The fourth-order valence-corrected chi connectivity index (χ4v) is 4.22. The van der Waals surface area contributed by atoms with Crippen LogP contribution < -0.4 is 4.90 Å². The summed E-state index contributed by atoms with van der Waals surface area (Å²) in [7, 11) is 0. The zero-order valence-corrected chi connectivity index (χ0v) is 21.2. The molecule has 1 aliphatic heterocycles. The van der Waals surface area contributed by atoms with Crippen LogP contribution in [0.15, 0.2) is 77.9 Å². The number of aliphatic imine (C=N–C) groups is 1. The minimum atomic E-state index is -0.496. The number of aryl methyl sites for hydroxylation is 1. The van der Waals surface area contributed by atoms with Crippen molar-refractivity contribution in [3.05, 3.63) is 89.6 Å². The number of hydrogen-bond acceptors (Lipinski definition) is 5. The molecule has 1 fully saturated rings. The first kappa shape index (κ1) is 24.5. The van der Waals surface area contributed by atoms with Crippen molar-refractivity contribution in [3.63, 3.8) is 0 Å². The largest absolute Gasteiger partial charge is 0.444 e. The van der Waals surface area contributed by atoms with Gasteiger partial charge < -0.3 is 14.5 Å². The van der Waals surface area contributed by atoms with E-state index in [4.69, 9.17) is 14.7 Å². The highest BCUT2D eigenvalue weighted by Crippen LogP contribution is 2.26. The molecule has 1 aromatic heterocycles. The predicted octanol–water partition coefficient (Wildman–Crippen LogP) is 6.00. The van der Waals surface area contributed by atoms with Crippen LogP contribution in [-0.2, 0) is 4.74 Å². The van der Waals surface area contributed by atoms with Crippen LogP contribution in [0.2, 0.25) is 0 Å². The molecule has 1 aliphatic rings. The van der Waals surface area contributed by atoms with Gasteiger partial charge in [0.15, 0.2) is 5.82 Å². The Morgan fingerprint density at radius 3 is 2.11 bits per heavy atom. The van der Waals surface area contributed by atoms with Crippen LogP contribution >= 0.6 is 0 Å². The van der Waals surface area contributed by atoms with Gasteiger partial charge in [-0.2, -0.15) is 0 Å². The number of hydrogen-bond donors (Lipinski definition) is 0. The molecule has 1 amide bonds. The van der Waals surface area contributed by atoms with Gasteiger partial charge in [-0.3, -0.25) is 0 Å². The van der Waals surface area contributed by atoms with Gasteiger partial charge in [-0.25, -0.2) is 14.8 Å². The molecule has 6 nitrogen and oxygen atoms in total. The Kier molecular flexibility index (Phi) is 7.20. The van der Waals surface area contributed by atoms with E-state index in [9.17, 15) is 4.79 Å². The summed E-state index contributed by atoms with van der Waals surface area (Å²) in [6, 6.07) is 22.6. The number of amides is 1. The first-order chi connectivity index (χ1) is 16.7. The van der Waals surface area contributed by atoms with Crippen LogP contribution in [0.4, 0.5) is 16.3 Å². The summed E-state index contributed by atoms with van der Waals surface area (Å²) in [4.78, 5) is 26.4. The number of piperazine rings is 1. The number of rotatable bonds is 4. The minimum absolute atomic E-state index is 0.0411. The number of anilines is 1. The third kappa shape index (κ3) is 6.07. The fourth-order valence-electron chi connectivity index (χ4n) is 4.22. The maximum atomic E-state index is 12.6. The highest BCUT2D eigenvalue weighted by Gasteiger charge is 2.31. The molecule has 0 spiro atoms. The SMILES string of the molecule is Cc1cc(N2CCN(C(=O)OC(C)(C)C)C(C)C2)cnc1N=C(c1ccccc1)c1ccccc1. The van der Waals surface area contributed by atoms with E-state index in [1.54, 1.807) is 0 Å². The van der Waals surface area contributed by atoms with Crippen molar-refractivity contribution in [3.8, 4) is 0 Å². The molecule has 0 saturated carbocycles. The molecule has 35 heavy (non-hydrogen) atoms. The van der Waals surface area contributed by atoms with E-state index in [1.165, 1.54) is 0 Å². The molecule has 0 radical (unpaired) electrons. The first-order valence-corrected chi connectivity index (χ1v) is 12.1. The van der Waals surface area contributed by atoms with E-state index in [2.05, 4.69) is 42.2 Å². The van der Waals surface area contributed by atoms with E-state index < -0.39 is 5.60 Å². The first-order valence-electron chi connectivity index (χ1n) is 12.1. The molecule has 1 unspecified atom stereocenters. The second-order valence-corrected chi connectivity index (χ2v) is 10.00. The summed E-state index contributed by atoms with van der Waals surface area (Å²) in [5, 5.41) is 0. The van der Waals surface area contributed by atoms with Crippen LogP contribution in [0.25, 0.3) is 0 Å². The lowest BCUT2D eigenvalue weighted by Gasteiger charge is -2.41. The molecule has 6 heteroatoms. The van der Waals surface area contributed by atoms with Crippen molar-refractivity contribution in [2.45, 2.75) is 46.3 Å². The minimum Gasteiger partial charge on any atom is -0.444 e. The molecule has 0 bridgehead atoms. The van der Waals surface area contributed by atoms with Gasteiger partial charge in [-0.1, -0.05) is 60.7 Å². The number of pyridine rings is 1. The van der Waals surface area contributed by atoms with Crippen LogP contribution in [0.3, 0.4) is 0 Å². The van der Waals surface area contributed by atoms with Crippen LogP contribution in [0.5, 0.6) is 0 Å². The molecule has 0 N–H and O–H groups in total. The lowest BCUT2D eigenvalue weighted by atomic mass is 10.0. The smallest absolute Gasteiger partial charge is 0.410 e. The van der Waals surface area contributed by atoms with Crippen molar-refractivity contribution in [1.82, 2.24) is 9.88 Å². The Hall–Kier alpha value is -3.67. The predicted molar refractivity (Wildman–Crippen MR) is 142 cm³/mol. The summed E-state index contributed by atoms with van der Waals surface area (Å²) >= 11 is 0. The number of ether oxygens (including phenoxy) is 1. The molecular formula is C29H34N4O2. The van der Waals surface area contributed by atoms with Crippen molar-refractivity contribution >= 4 is 23.3 Å². The molecule has 182 valence electrons. The Labute approximate surface area is 208 Å². The highest BCUT2D eigenvalue weighted by atomic mass is 16.6. The third-order valence-corrected chi connectivity index (χ3v) is 5.97. The van der Waals surface area contributed by atoms with Crippen molar-refractivity contribution in [2.24, 2.45) is 4.99 Å². The van der Waals surface area contributed by atoms with Crippen molar-refractivity contribution in [1.29, 1.82) is 0 Å². The van der Waals surface area contributed by atoms with Gasteiger partial charge in [0, 0.05) is 36.8 Å². The molecule has 1 saturated heterocycles. The zero-order valence-electron chi connectivity index (χ0n) is 21.2. The molecule has 1 atom stereocenters. The number of carbonyl (C=O) groups is 1. The van der Waals surface area contributed by atoms with Crippen LogP contribution in [0.1, 0.15) is 44.4 Å². The Bertz CT molecular complexity index is 1140. The van der Waals surface area contributed by atoms with E-state index >= 15 is 0 Å². The summed E-state index contributed by atoms with van der Waals surface area (Å²) in [5.74, 6) is 0.705. The Morgan fingerprint density at radius 1 is 1.00 bits per heavy atom. The number of carbonyl (C=O) groups excluding carboxylic acids is 1. The summed E-state index contributed by atoms with van der Waals surface area (Å²) in [5.41, 5.74) is 4.55. The normalized spacial score (nSPS) is 16.1. The summed E-state index contributed by atoms with van der Waals surface area (Å²) in [6.07, 6.45) is 1.63. The van der Waals surface area contributed by atoms with Crippen LogP contribution in [-0.4, -0.2) is 53.0 Å². The lowest BCUT2D eigenvalue weighted by molar-refractivity contribution is 0.0159. The lowest BCUT2D eigenvalue weighted by Crippen LogP contribution is -2.55. The van der Waals surface area contributed by atoms with E-state index in [0.29, 0.717) is 12.4 Å². The Balaban J connectivity index is 1.55. The maximum Gasteiger partial charge on any atom is 0.410 e. The fraction of sp³-hybridized carbons (Fsp3) is 0.345. The van der Waals surface area contributed by atoms with Gasteiger partial charge in [0.2, 0.25) is 0 Å². The summed E-state index contributed by atoms with van der Waals surface area (Å²) < 4.78 is 5.57. The molecule has 4 rings (SSSR count). The van der Waals surface area contributed by atoms with Crippen molar-refractivity contribution < 1.29 is 9.53 Å². The van der Waals surface area contributed by atoms with Gasteiger partial charge in [-0.15, -0.1) is 0 Å². The zero-order chi connectivity index (χ0) is 25.0. The molecule has 3 aromatic rings. The van der Waals surface area contributed by atoms with Crippen molar-refractivity contribution in [2.75, 3.05) is 24.5 Å². The third-order valence-electron chi connectivity index (χ3n) is 5.97. The van der Waals surface area contributed by atoms with E-state index in [0.717, 1.165) is 41.2 Å². The van der Waals surface area contributed by atoms with Gasteiger partial charge in [0.1, 0.15) is 5.60 Å². The van der Waals surface area contributed by atoms with E-state index in [-0.39, 0.29) is 12.1 Å². The van der Waals surface area contributed by atoms with Gasteiger partial charge in [-0.05, 0) is 46.2 Å². The topological polar surface area (TPSA) is 58.0 Å². The average molecular weight is 471 g/mol. The summed E-state index contributed by atoms with van der Waals surface area (Å²) in [6.45, 7) is 11.8.